The van der Waals surface area contributed by atoms with Gasteiger partial charge >= 0.3 is 5.97 Å². The van der Waals surface area contributed by atoms with Gasteiger partial charge in [0.2, 0.25) is 0 Å². The molecule has 1 heterocycles. The first-order chi connectivity index (χ1) is 7.20. The Kier molecular flexibility index (Phi) is 5.05. The van der Waals surface area contributed by atoms with Crippen LogP contribution in [0.1, 0.15) is 33.1 Å². The Bertz CT molecular complexity index is 209. The minimum Gasteiger partial charge on any atom is -0.465 e. The second kappa shape index (κ2) is 6.08. The summed E-state index contributed by atoms with van der Waals surface area (Å²) in [5.74, 6) is -0.0705. The van der Waals surface area contributed by atoms with E-state index in [-0.39, 0.29) is 12.0 Å². The van der Waals surface area contributed by atoms with E-state index >= 15 is 0 Å². The van der Waals surface area contributed by atoms with Gasteiger partial charge in [0.25, 0.3) is 0 Å². The van der Waals surface area contributed by atoms with Gasteiger partial charge in [-0.15, -0.1) is 0 Å². The standard InChI is InChI=1S/C11H22N2O2/c1-3-15-11(14)10-5-4-8-13(10)9(2)6-7-12/h9-10H,3-8,12H2,1-2H3. The van der Waals surface area contributed by atoms with Crippen molar-refractivity contribution in [3.63, 3.8) is 0 Å². The van der Waals surface area contributed by atoms with Crippen LogP contribution in [0.5, 0.6) is 0 Å². The monoisotopic (exact) mass is 214 g/mol. The molecule has 1 rings (SSSR count). The highest BCUT2D eigenvalue weighted by atomic mass is 16.5. The highest BCUT2D eigenvalue weighted by Crippen LogP contribution is 2.22. The first kappa shape index (κ1) is 12.5. The van der Waals surface area contributed by atoms with Crippen molar-refractivity contribution in [2.75, 3.05) is 19.7 Å². The Balaban J connectivity index is 2.52. The van der Waals surface area contributed by atoms with Crippen LogP contribution in [-0.4, -0.2) is 42.6 Å². The molecule has 0 aromatic carbocycles. The molecule has 0 saturated carbocycles. The lowest BCUT2D eigenvalue weighted by atomic mass is 10.1. The van der Waals surface area contributed by atoms with Gasteiger partial charge in [-0.05, 0) is 46.2 Å². The normalized spacial score (nSPS) is 24.1. The van der Waals surface area contributed by atoms with Crippen LogP contribution < -0.4 is 5.73 Å². The summed E-state index contributed by atoms with van der Waals surface area (Å²) in [7, 11) is 0. The molecule has 0 spiro atoms. The van der Waals surface area contributed by atoms with E-state index in [0.29, 0.717) is 19.2 Å². The second-order valence-electron chi connectivity index (χ2n) is 4.07. The predicted octanol–water partition coefficient (Wildman–Crippen LogP) is 0.751. The van der Waals surface area contributed by atoms with Crippen molar-refractivity contribution in [2.24, 2.45) is 5.73 Å². The van der Waals surface area contributed by atoms with Crippen LogP contribution in [0.15, 0.2) is 0 Å². The van der Waals surface area contributed by atoms with E-state index in [4.69, 9.17) is 10.5 Å². The highest BCUT2D eigenvalue weighted by molar-refractivity contribution is 5.76. The third kappa shape index (κ3) is 3.18. The Hall–Kier alpha value is -0.610. The van der Waals surface area contributed by atoms with Crippen molar-refractivity contribution in [1.29, 1.82) is 0 Å². The van der Waals surface area contributed by atoms with Gasteiger partial charge in [0.05, 0.1) is 6.61 Å². The average Bonchev–Trinajstić information content (AvgIpc) is 2.66. The molecule has 4 nitrogen and oxygen atoms in total. The average molecular weight is 214 g/mol. The minimum atomic E-state index is -0.0705. The van der Waals surface area contributed by atoms with Gasteiger partial charge in [-0.25, -0.2) is 0 Å². The van der Waals surface area contributed by atoms with Gasteiger partial charge in [0, 0.05) is 6.04 Å². The molecule has 2 unspecified atom stereocenters. The van der Waals surface area contributed by atoms with Gasteiger partial charge < -0.3 is 10.5 Å². The lowest BCUT2D eigenvalue weighted by Crippen LogP contribution is -2.43. The maximum Gasteiger partial charge on any atom is 0.323 e. The quantitative estimate of drug-likeness (QED) is 0.686. The summed E-state index contributed by atoms with van der Waals surface area (Å²) in [5.41, 5.74) is 5.53. The molecule has 4 heteroatoms. The van der Waals surface area contributed by atoms with Crippen molar-refractivity contribution in [3.8, 4) is 0 Å². The SMILES string of the molecule is CCOC(=O)C1CCCN1C(C)CCN. The van der Waals surface area contributed by atoms with Crippen LogP contribution >= 0.6 is 0 Å². The fraction of sp³-hybridized carbons (Fsp3) is 0.909. The predicted molar refractivity (Wildman–Crippen MR) is 59.5 cm³/mol. The Labute approximate surface area is 91.8 Å². The molecule has 0 amide bonds. The van der Waals surface area contributed by atoms with Crippen molar-refractivity contribution >= 4 is 5.97 Å². The van der Waals surface area contributed by atoms with Gasteiger partial charge in [-0.1, -0.05) is 0 Å². The number of hydrogen-bond acceptors (Lipinski definition) is 4. The lowest BCUT2D eigenvalue weighted by Gasteiger charge is -2.28. The van der Waals surface area contributed by atoms with E-state index in [1.165, 1.54) is 0 Å². The molecule has 2 atom stereocenters. The van der Waals surface area contributed by atoms with Crippen LogP contribution in [-0.2, 0) is 9.53 Å². The van der Waals surface area contributed by atoms with E-state index in [0.717, 1.165) is 25.8 Å². The molecule has 0 aromatic rings. The maximum atomic E-state index is 11.7. The van der Waals surface area contributed by atoms with Crippen LogP contribution in [0.3, 0.4) is 0 Å². The summed E-state index contributed by atoms with van der Waals surface area (Å²) in [6.07, 6.45) is 2.95. The van der Waals surface area contributed by atoms with Gasteiger partial charge in [-0.2, -0.15) is 0 Å². The summed E-state index contributed by atoms with van der Waals surface area (Å²) in [4.78, 5) is 13.9. The third-order valence-electron chi connectivity index (χ3n) is 3.00. The van der Waals surface area contributed by atoms with Crippen molar-refractivity contribution in [1.82, 2.24) is 4.90 Å². The van der Waals surface area contributed by atoms with Crippen LogP contribution in [0.25, 0.3) is 0 Å². The number of ether oxygens (including phenoxy) is 1. The molecular weight excluding hydrogens is 192 g/mol. The molecule has 0 aromatic heterocycles. The summed E-state index contributed by atoms with van der Waals surface area (Å²) in [6, 6.07) is 0.346. The molecule has 1 fully saturated rings. The number of esters is 1. The van der Waals surface area contributed by atoms with E-state index in [1.54, 1.807) is 0 Å². The first-order valence-electron chi connectivity index (χ1n) is 5.83. The number of carbonyl (C=O) groups is 1. The highest BCUT2D eigenvalue weighted by Gasteiger charge is 2.34. The van der Waals surface area contributed by atoms with Gasteiger partial charge in [0.1, 0.15) is 6.04 Å². The number of carbonyl (C=O) groups excluding carboxylic acids is 1. The number of likely N-dealkylation sites (tertiary alicyclic amines) is 1. The lowest BCUT2D eigenvalue weighted by molar-refractivity contribution is -0.149. The molecular formula is C11H22N2O2. The molecule has 15 heavy (non-hydrogen) atoms. The zero-order valence-corrected chi connectivity index (χ0v) is 9.74. The molecule has 0 aliphatic carbocycles. The molecule has 88 valence electrons. The summed E-state index contributed by atoms with van der Waals surface area (Å²) in [6.45, 7) is 6.11. The van der Waals surface area contributed by atoms with Crippen LogP contribution in [0.4, 0.5) is 0 Å². The van der Waals surface area contributed by atoms with E-state index < -0.39 is 0 Å². The Morgan fingerprint density at radius 1 is 1.67 bits per heavy atom. The molecule has 2 N–H and O–H groups in total. The largest absolute Gasteiger partial charge is 0.465 e. The topological polar surface area (TPSA) is 55.6 Å². The fourth-order valence-electron chi connectivity index (χ4n) is 2.22. The molecule has 0 bridgehead atoms. The summed E-state index contributed by atoms with van der Waals surface area (Å²) < 4.78 is 5.07. The molecule has 1 aliphatic heterocycles. The molecule has 1 aliphatic rings. The van der Waals surface area contributed by atoms with E-state index in [2.05, 4.69) is 11.8 Å². The molecule has 1 saturated heterocycles. The van der Waals surface area contributed by atoms with E-state index in [1.807, 2.05) is 6.92 Å². The zero-order valence-electron chi connectivity index (χ0n) is 9.74. The third-order valence-corrected chi connectivity index (χ3v) is 3.00. The first-order valence-corrected chi connectivity index (χ1v) is 5.83. The van der Waals surface area contributed by atoms with Crippen molar-refractivity contribution in [3.05, 3.63) is 0 Å². The number of nitrogens with zero attached hydrogens (tertiary/aromatic N) is 1. The number of hydrogen-bond donors (Lipinski definition) is 1. The van der Waals surface area contributed by atoms with Crippen LogP contribution in [0.2, 0.25) is 0 Å². The summed E-state index contributed by atoms with van der Waals surface area (Å²) >= 11 is 0. The fourth-order valence-corrected chi connectivity index (χ4v) is 2.22. The maximum absolute atomic E-state index is 11.7. The molecule has 0 radical (unpaired) electrons. The Morgan fingerprint density at radius 3 is 3.00 bits per heavy atom. The summed E-state index contributed by atoms with van der Waals surface area (Å²) in [5, 5.41) is 0. The van der Waals surface area contributed by atoms with Gasteiger partial charge in [-0.3, -0.25) is 9.69 Å². The minimum absolute atomic E-state index is 0.0356. The van der Waals surface area contributed by atoms with Crippen LogP contribution in [0, 0.1) is 0 Å². The zero-order chi connectivity index (χ0) is 11.3. The van der Waals surface area contributed by atoms with Crippen molar-refractivity contribution < 1.29 is 9.53 Å². The second-order valence-corrected chi connectivity index (χ2v) is 4.07. The Morgan fingerprint density at radius 2 is 2.40 bits per heavy atom. The van der Waals surface area contributed by atoms with Gasteiger partial charge in [0.15, 0.2) is 0 Å². The smallest absolute Gasteiger partial charge is 0.323 e. The van der Waals surface area contributed by atoms with Crippen molar-refractivity contribution in [2.45, 2.75) is 45.2 Å². The number of nitrogens with two attached hydrogens (primary N) is 1. The number of rotatable bonds is 5. The van der Waals surface area contributed by atoms with E-state index in [9.17, 15) is 4.79 Å².